The van der Waals surface area contributed by atoms with Gasteiger partial charge in [0.1, 0.15) is 11.4 Å². The molecule has 0 saturated carbocycles. The quantitative estimate of drug-likeness (QED) is 0.748. The van der Waals surface area contributed by atoms with Crippen LogP contribution in [-0.4, -0.2) is 46.7 Å². The second-order valence-corrected chi connectivity index (χ2v) is 6.87. The zero-order valence-corrected chi connectivity index (χ0v) is 12.7. The molecule has 116 valence electrons. The summed E-state index contributed by atoms with van der Waals surface area (Å²) in [6, 6.07) is 1.92. The fraction of sp³-hybridized carbons (Fsp3) is 0.583. The molecule has 0 radical (unpaired) electrons. The van der Waals surface area contributed by atoms with E-state index >= 15 is 0 Å². The number of nitrogens with zero attached hydrogens (tertiary/aromatic N) is 4. The molecule has 1 aromatic rings. The van der Waals surface area contributed by atoms with Crippen molar-refractivity contribution in [2.75, 3.05) is 13.1 Å². The number of aliphatic carboxylic acids is 1. The van der Waals surface area contributed by atoms with Gasteiger partial charge >= 0.3 is 5.97 Å². The number of carbonyl (C=O) groups is 1. The molecule has 1 aromatic heterocycles. The molecule has 0 fully saturated rings. The van der Waals surface area contributed by atoms with E-state index < -0.39 is 22.5 Å². The summed E-state index contributed by atoms with van der Waals surface area (Å²) in [4.78, 5) is 10.5. The minimum atomic E-state index is -3.78. The third-order valence-corrected chi connectivity index (χ3v) is 4.40. The molecule has 0 saturated heterocycles. The van der Waals surface area contributed by atoms with Crippen molar-refractivity contribution in [1.82, 2.24) is 14.1 Å². The van der Waals surface area contributed by atoms with Crippen molar-refractivity contribution < 1.29 is 18.3 Å². The molecular formula is C12H18N4O4S. The Labute approximate surface area is 123 Å². The number of carboxylic acid groups (broad SMARTS) is 1. The Balaban J connectivity index is 3.01. The summed E-state index contributed by atoms with van der Waals surface area (Å²) in [6.07, 6.45) is 2.40. The normalized spacial score (nSPS) is 11.8. The van der Waals surface area contributed by atoms with Crippen LogP contribution in [-0.2, 0) is 21.4 Å². The van der Waals surface area contributed by atoms with Crippen LogP contribution in [0, 0.1) is 17.2 Å². The maximum Gasteiger partial charge on any atom is 0.325 e. The van der Waals surface area contributed by atoms with Gasteiger partial charge in [0.25, 0.3) is 0 Å². The second kappa shape index (κ2) is 7.19. The number of aromatic nitrogens is 2. The zero-order chi connectivity index (χ0) is 16.0. The van der Waals surface area contributed by atoms with Crippen molar-refractivity contribution in [2.45, 2.75) is 31.7 Å². The van der Waals surface area contributed by atoms with Crippen molar-refractivity contribution in [3.05, 3.63) is 12.4 Å². The lowest BCUT2D eigenvalue weighted by Gasteiger charge is -2.22. The first-order valence-electron chi connectivity index (χ1n) is 6.38. The summed E-state index contributed by atoms with van der Waals surface area (Å²) in [5.41, 5.74) is 0. The molecule has 1 rings (SSSR count). The van der Waals surface area contributed by atoms with Crippen LogP contribution in [0.5, 0.6) is 0 Å². The van der Waals surface area contributed by atoms with E-state index in [0.29, 0.717) is 0 Å². The van der Waals surface area contributed by atoms with Crippen molar-refractivity contribution in [1.29, 1.82) is 5.26 Å². The number of hydrogen-bond acceptors (Lipinski definition) is 5. The van der Waals surface area contributed by atoms with Crippen molar-refractivity contribution in [2.24, 2.45) is 5.92 Å². The van der Waals surface area contributed by atoms with Crippen LogP contribution < -0.4 is 0 Å². The summed E-state index contributed by atoms with van der Waals surface area (Å²) < 4.78 is 27.3. The SMILES string of the molecule is CC(C)CN(CCC#N)S(=O)(=O)c1cnn(CC(=O)O)c1. The van der Waals surface area contributed by atoms with Crippen LogP contribution in [0.4, 0.5) is 0 Å². The average Bonchev–Trinajstić information content (AvgIpc) is 2.82. The zero-order valence-electron chi connectivity index (χ0n) is 11.9. The third kappa shape index (κ3) is 4.84. The lowest BCUT2D eigenvalue weighted by atomic mass is 10.2. The maximum atomic E-state index is 12.5. The molecule has 0 aliphatic carbocycles. The standard InChI is InChI=1S/C12H18N4O4S/c1-10(2)7-16(5-3-4-13)21(19,20)11-6-14-15(8-11)9-12(17)18/h6,8,10H,3,5,7,9H2,1-2H3,(H,17,18). The number of rotatable bonds is 8. The summed E-state index contributed by atoms with van der Waals surface area (Å²) in [6.45, 7) is 3.73. The Morgan fingerprint density at radius 2 is 2.24 bits per heavy atom. The first-order chi connectivity index (χ1) is 9.77. The predicted molar refractivity (Wildman–Crippen MR) is 73.7 cm³/mol. The molecule has 8 nitrogen and oxygen atoms in total. The van der Waals surface area contributed by atoms with Gasteiger partial charge in [0.05, 0.1) is 12.3 Å². The highest BCUT2D eigenvalue weighted by Gasteiger charge is 2.26. The van der Waals surface area contributed by atoms with Crippen LogP contribution in [0.2, 0.25) is 0 Å². The molecule has 9 heteroatoms. The van der Waals surface area contributed by atoms with Crippen LogP contribution in [0.25, 0.3) is 0 Å². The highest BCUT2D eigenvalue weighted by molar-refractivity contribution is 7.89. The van der Waals surface area contributed by atoms with E-state index in [-0.39, 0.29) is 30.3 Å². The molecule has 21 heavy (non-hydrogen) atoms. The van der Waals surface area contributed by atoms with Crippen molar-refractivity contribution >= 4 is 16.0 Å². The summed E-state index contributed by atoms with van der Waals surface area (Å²) >= 11 is 0. The van der Waals surface area contributed by atoms with Crippen LogP contribution in [0.15, 0.2) is 17.3 Å². The van der Waals surface area contributed by atoms with E-state index in [1.807, 2.05) is 19.9 Å². The molecule has 0 aromatic carbocycles. The molecule has 0 aliphatic rings. The molecular weight excluding hydrogens is 296 g/mol. The van der Waals surface area contributed by atoms with Crippen LogP contribution >= 0.6 is 0 Å². The van der Waals surface area contributed by atoms with E-state index in [2.05, 4.69) is 5.10 Å². The Kier molecular flexibility index (Phi) is 5.87. The number of sulfonamides is 1. The smallest absolute Gasteiger partial charge is 0.325 e. The Morgan fingerprint density at radius 3 is 2.76 bits per heavy atom. The fourth-order valence-corrected chi connectivity index (χ4v) is 3.30. The lowest BCUT2D eigenvalue weighted by molar-refractivity contribution is -0.137. The summed E-state index contributed by atoms with van der Waals surface area (Å²) in [5.74, 6) is -1.00. The molecule has 0 aliphatic heterocycles. The van der Waals surface area contributed by atoms with Gasteiger partial charge < -0.3 is 5.11 Å². The minimum absolute atomic E-state index is 0.0673. The van der Waals surface area contributed by atoms with Crippen LogP contribution in [0.1, 0.15) is 20.3 Å². The highest BCUT2D eigenvalue weighted by atomic mass is 32.2. The maximum absolute atomic E-state index is 12.5. The first kappa shape index (κ1) is 17.1. The molecule has 0 spiro atoms. The predicted octanol–water partition coefficient (Wildman–Crippen LogP) is 0.528. The monoisotopic (exact) mass is 314 g/mol. The van der Waals surface area contributed by atoms with Gasteiger partial charge in [-0.1, -0.05) is 13.8 Å². The Morgan fingerprint density at radius 1 is 1.57 bits per heavy atom. The van der Waals surface area contributed by atoms with Gasteiger partial charge in [0, 0.05) is 25.7 Å². The first-order valence-corrected chi connectivity index (χ1v) is 7.82. The Hall–Kier alpha value is -1.92. The van der Waals surface area contributed by atoms with E-state index in [1.165, 1.54) is 10.5 Å². The molecule has 1 heterocycles. The van der Waals surface area contributed by atoms with Gasteiger partial charge in [-0.15, -0.1) is 0 Å². The third-order valence-electron chi connectivity index (χ3n) is 2.59. The van der Waals surface area contributed by atoms with Gasteiger partial charge in [0.2, 0.25) is 10.0 Å². The number of hydrogen-bond donors (Lipinski definition) is 1. The summed E-state index contributed by atoms with van der Waals surface area (Å²) in [7, 11) is -3.78. The van der Waals surface area contributed by atoms with Gasteiger partial charge in [0.15, 0.2) is 0 Å². The fourth-order valence-electron chi connectivity index (χ4n) is 1.74. The molecule has 1 N–H and O–H groups in total. The van der Waals surface area contributed by atoms with E-state index in [4.69, 9.17) is 10.4 Å². The molecule has 0 amide bonds. The van der Waals surface area contributed by atoms with E-state index in [0.717, 1.165) is 10.9 Å². The highest BCUT2D eigenvalue weighted by Crippen LogP contribution is 2.17. The van der Waals surface area contributed by atoms with E-state index in [1.54, 1.807) is 0 Å². The van der Waals surface area contributed by atoms with Gasteiger partial charge in [-0.05, 0) is 5.92 Å². The van der Waals surface area contributed by atoms with E-state index in [9.17, 15) is 13.2 Å². The molecule has 0 bridgehead atoms. The molecule has 0 atom stereocenters. The van der Waals surface area contributed by atoms with Crippen LogP contribution in [0.3, 0.4) is 0 Å². The van der Waals surface area contributed by atoms with Gasteiger partial charge in [-0.3, -0.25) is 9.48 Å². The summed E-state index contributed by atoms with van der Waals surface area (Å²) in [5, 5.41) is 21.0. The van der Waals surface area contributed by atoms with Crippen molar-refractivity contribution in [3.8, 4) is 6.07 Å². The Bertz CT molecular complexity index is 630. The van der Waals surface area contributed by atoms with Gasteiger partial charge in [-0.2, -0.15) is 14.7 Å². The number of nitriles is 1. The van der Waals surface area contributed by atoms with Gasteiger partial charge in [-0.25, -0.2) is 8.42 Å². The second-order valence-electron chi connectivity index (χ2n) is 4.93. The molecule has 0 unspecified atom stereocenters. The largest absolute Gasteiger partial charge is 0.480 e. The minimum Gasteiger partial charge on any atom is -0.480 e. The topological polar surface area (TPSA) is 116 Å². The average molecular weight is 314 g/mol. The van der Waals surface area contributed by atoms with Crippen molar-refractivity contribution in [3.63, 3.8) is 0 Å². The number of carboxylic acids is 1. The lowest BCUT2D eigenvalue weighted by Crippen LogP contribution is -2.34.